The monoisotopic (exact) mass is 500 g/mol. The van der Waals surface area contributed by atoms with Crippen molar-refractivity contribution in [2.45, 2.75) is 33.3 Å². The molecule has 0 spiro atoms. The lowest BCUT2D eigenvalue weighted by molar-refractivity contribution is -0.928. The number of amidine groups is 1. The summed E-state index contributed by atoms with van der Waals surface area (Å²) in [5, 5.41) is 7.13. The molecule has 10 heteroatoms. The number of nitrogens with one attached hydrogen (secondary N) is 2. The standard InChI is InChI=1S/C25H33N5O4S/c1-17-14-18-22(27-19-8-6-7-9-20(19)28-23(18)35-17)29-10-12-30(5,13-11-29)16-33-24(32)26-15-21(31)34-25(2,3)4/h6-9,14H,10-13,15-16H2,1-5H3,(H-,26,27,28,32)/p+1. The highest BCUT2D eigenvalue weighted by Crippen LogP contribution is 2.39. The second kappa shape index (κ2) is 9.87. The van der Waals surface area contributed by atoms with E-state index in [0.29, 0.717) is 4.48 Å². The van der Waals surface area contributed by atoms with Crippen LogP contribution in [-0.4, -0.2) is 79.4 Å². The second-order valence-corrected chi connectivity index (χ2v) is 11.5. The van der Waals surface area contributed by atoms with E-state index in [9.17, 15) is 9.59 Å². The second-order valence-electron chi connectivity index (χ2n) is 10.2. The maximum absolute atomic E-state index is 12.1. The molecule has 0 atom stereocenters. The van der Waals surface area contributed by atoms with E-state index >= 15 is 0 Å². The number of ether oxygens (including phenoxy) is 2. The average molecular weight is 501 g/mol. The van der Waals surface area contributed by atoms with Crippen LogP contribution in [0.5, 0.6) is 0 Å². The Bertz CT molecular complexity index is 1130. The van der Waals surface area contributed by atoms with Gasteiger partial charge in [0, 0.05) is 4.88 Å². The number of benzene rings is 1. The maximum Gasteiger partial charge on any atom is 0.411 e. The first-order valence-corrected chi connectivity index (χ1v) is 12.6. The number of alkyl carbamates (subject to hydrolysis) is 1. The molecule has 1 saturated heterocycles. The summed E-state index contributed by atoms with van der Waals surface area (Å²) in [6, 6.07) is 10.3. The van der Waals surface area contributed by atoms with E-state index in [1.54, 1.807) is 32.1 Å². The van der Waals surface area contributed by atoms with Crippen molar-refractivity contribution in [2.75, 3.05) is 51.8 Å². The van der Waals surface area contributed by atoms with Gasteiger partial charge in [0.2, 0.25) is 6.73 Å². The number of para-hydroxylation sites is 2. The smallest absolute Gasteiger partial charge is 0.411 e. The van der Waals surface area contributed by atoms with E-state index in [2.05, 4.69) is 41.6 Å². The van der Waals surface area contributed by atoms with Crippen molar-refractivity contribution in [2.24, 2.45) is 4.99 Å². The van der Waals surface area contributed by atoms with Crippen molar-refractivity contribution in [3.05, 3.63) is 40.8 Å². The number of likely N-dealkylation sites (N-methyl/N-ethyl adjacent to an activating group) is 1. The summed E-state index contributed by atoms with van der Waals surface area (Å²) in [5.41, 5.74) is 2.46. The topological polar surface area (TPSA) is 92.3 Å². The molecule has 1 fully saturated rings. The molecule has 2 aromatic rings. The Hall–Kier alpha value is -3.11. The van der Waals surface area contributed by atoms with Gasteiger partial charge in [0.1, 0.15) is 23.0 Å². The van der Waals surface area contributed by atoms with E-state index in [1.165, 1.54) is 4.88 Å². The number of hydrogen-bond acceptors (Lipinski definition) is 8. The molecule has 3 heterocycles. The van der Waals surface area contributed by atoms with Crippen LogP contribution in [0.1, 0.15) is 31.2 Å². The fourth-order valence-electron chi connectivity index (χ4n) is 4.06. The molecule has 0 saturated carbocycles. The first kappa shape index (κ1) is 25.0. The number of nitrogens with zero attached hydrogens (tertiary/aromatic N) is 3. The van der Waals surface area contributed by atoms with Crippen LogP contribution in [0.2, 0.25) is 0 Å². The number of aryl methyl sites for hydroxylation is 1. The Kier molecular flexibility index (Phi) is 7.05. The number of rotatable bonds is 4. The normalized spacial score (nSPS) is 16.7. The zero-order chi connectivity index (χ0) is 25.2. The molecule has 4 rings (SSSR count). The molecule has 0 bridgehead atoms. The highest BCUT2D eigenvalue weighted by atomic mass is 32.1. The van der Waals surface area contributed by atoms with Gasteiger partial charge in [-0.1, -0.05) is 12.1 Å². The zero-order valence-electron chi connectivity index (χ0n) is 21.0. The molecule has 0 unspecified atom stereocenters. The average Bonchev–Trinajstić information content (AvgIpc) is 3.07. The van der Waals surface area contributed by atoms with Gasteiger partial charge in [-0.2, -0.15) is 0 Å². The largest absolute Gasteiger partial charge is 0.459 e. The molecule has 2 aliphatic rings. The van der Waals surface area contributed by atoms with E-state index in [4.69, 9.17) is 14.5 Å². The molecule has 1 aromatic carbocycles. The molecular formula is C25H34N5O4S+. The lowest BCUT2D eigenvalue weighted by Gasteiger charge is -2.42. The van der Waals surface area contributed by atoms with Crippen molar-refractivity contribution in [3.8, 4) is 0 Å². The molecule has 35 heavy (non-hydrogen) atoms. The van der Waals surface area contributed by atoms with Crippen LogP contribution >= 0.6 is 11.3 Å². The number of thiophene rings is 1. The SMILES string of the molecule is Cc1cc2c(s1)Nc1ccccc1N=C2N1CC[N+](C)(COC(=O)NCC(=O)OC(C)(C)C)CC1. The third-order valence-corrected chi connectivity index (χ3v) is 6.86. The molecule has 0 aliphatic carbocycles. The number of piperazine rings is 1. The minimum absolute atomic E-state index is 0.217. The van der Waals surface area contributed by atoms with E-state index in [0.717, 1.165) is 54.0 Å². The summed E-state index contributed by atoms with van der Waals surface area (Å²) < 4.78 is 11.2. The fraction of sp³-hybridized carbons (Fsp3) is 0.480. The zero-order valence-corrected chi connectivity index (χ0v) is 21.8. The predicted molar refractivity (Wildman–Crippen MR) is 138 cm³/mol. The van der Waals surface area contributed by atoms with Gasteiger partial charge in [0.25, 0.3) is 0 Å². The number of aliphatic imine (C=N–C) groups is 1. The first-order valence-electron chi connectivity index (χ1n) is 11.8. The summed E-state index contributed by atoms with van der Waals surface area (Å²) >= 11 is 1.74. The van der Waals surface area contributed by atoms with Crippen molar-refractivity contribution in [3.63, 3.8) is 0 Å². The van der Waals surface area contributed by atoms with Crippen molar-refractivity contribution in [1.82, 2.24) is 10.2 Å². The molecule has 9 nitrogen and oxygen atoms in total. The van der Waals surface area contributed by atoms with Crippen LogP contribution in [0, 0.1) is 6.92 Å². The lowest BCUT2D eigenvalue weighted by atomic mass is 10.2. The highest BCUT2D eigenvalue weighted by Gasteiger charge is 2.33. The van der Waals surface area contributed by atoms with Crippen LogP contribution in [0.25, 0.3) is 0 Å². The molecule has 2 aliphatic heterocycles. The number of carbonyl (C=O) groups excluding carboxylic acids is 2. The van der Waals surface area contributed by atoms with Crippen LogP contribution in [0.4, 0.5) is 21.2 Å². The number of fused-ring (bicyclic) bond motifs is 2. The van der Waals surface area contributed by atoms with Gasteiger partial charge in [0.15, 0.2) is 0 Å². The van der Waals surface area contributed by atoms with Crippen molar-refractivity contribution < 1.29 is 23.5 Å². The minimum atomic E-state index is -0.619. The van der Waals surface area contributed by atoms with Gasteiger partial charge >= 0.3 is 12.1 Å². The molecule has 1 amide bonds. The summed E-state index contributed by atoms with van der Waals surface area (Å²) in [4.78, 5) is 32.5. The van der Waals surface area contributed by atoms with Gasteiger partial charge < -0.3 is 25.0 Å². The minimum Gasteiger partial charge on any atom is -0.459 e. The van der Waals surface area contributed by atoms with Crippen LogP contribution in [0.3, 0.4) is 0 Å². The number of amides is 1. The van der Waals surface area contributed by atoms with Gasteiger partial charge in [-0.3, -0.25) is 9.28 Å². The Morgan fingerprint density at radius 2 is 1.94 bits per heavy atom. The van der Waals surface area contributed by atoms with Crippen molar-refractivity contribution >= 4 is 45.6 Å². The van der Waals surface area contributed by atoms with Crippen LogP contribution < -0.4 is 10.6 Å². The van der Waals surface area contributed by atoms with E-state index < -0.39 is 17.7 Å². The van der Waals surface area contributed by atoms with Gasteiger partial charge in [0.05, 0.1) is 50.2 Å². The van der Waals surface area contributed by atoms with Gasteiger partial charge in [-0.05, 0) is 45.9 Å². The lowest BCUT2D eigenvalue weighted by Crippen LogP contribution is -2.59. The Morgan fingerprint density at radius 3 is 2.66 bits per heavy atom. The third-order valence-electron chi connectivity index (χ3n) is 5.90. The first-order chi connectivity index (χ1) is 16.5. The fourth-order valence-corrected chi connectivity index (χ4v) is 4.98. The quantitative estimate of drug-likeness (QED) is 0.487. The van der Waals surface area contributed by atoms with E-state index in [1.807, 2.05) is 18.2 Å². The highest BCUT2D eigenvalue weighted by molar-refractivity contribution is 7.16. The third kappa shape index (κ3) is 6.32. The maximum atomic E-state index is 12.1. The number of carbonyl (C=O) groups is 2. The van der Waals surface area contributed by atoms with Gasteiger partial charge in [-0.25, -0.2) is 9.79 Å². The van der Waals surface area contributed by atoms with Gasteiger partial charge in [-0.15, -0.1) is 11.3 Å². The molecular weight excluding hydrogens is 466 g/mol. The molecule has 1 aromatic heterocycles. The molecule has 0 radical (unpaired) electrons. The Labute approximate surface area is 210 Å². The Balaban J connectivity index is 1.35. The Morgan fingerprint density at radius 1 is 1.23 bits per heavy atom. The molecule has 188 valence electrons. The number of esters is 1. The van der Waals surface area contributed by atoms with Crippen LogP contribution in [0.15, 0.2) is 35.3 Å². The summed E-state index contributed by atoms with van der Waals surface area (Å²) in [7, 11) is 2.07. The predicted octanol–water partition coefficient (Wildman–Crippen LogP) is 3.98. The molecule has 2 N–H and O–H groups in total. The number of hydrogen-bond donors (Lipinski definition) is 2. The van der Waals surface area contributed by atoms with E-state index in [-0.39, 0.29) is 13.3 Å². The number of quaternary nitrogens is 1. The van der Waals surface area contributed by atoms with Crippen LogP contribution in [-0.2, 0) is 14.3 Å². The number of anilines is 2. The summed E-state index contributed by atoms with van der Waals surface area (Å²) in [6.07, 6.45) is -0.619. The summed E-state index contributed by atoms with van der Waals surface area (Å²) in [5.74, 6) is 0.482. The summed E-state index contributed by atoms with van der Waals surface area (Å²) in [6.45, 7) is 10.6. The van der Waals surface area contributed by atoms with Crippen molar-refractivity contribution in [1.29, 1.82) is 0 Å².